The van der Waals surface area contributed by atoms with E-state index in [1.807, 2.05) is 12.1 Å². The average molecular weight is 355 g/mol. The maximum atomic E-state index is 12.1. The van der Waals surface area contributed by atoms with Crippen molar-refractivity contribution in [3.63, 3.8) is 0 Å². The summed E-state index contributed by atoms with van der Waals surface area (Å²) >= 11 is 9.12. The van der Waals surface area contributed by atoms with E-state index in [1.165, 1.54) is 0 Å². The van der Waals surface area contributed by atoms with Crippen LogP contribution in [0.1, 0.15) is 21.5 Å². The number of aliphatic hydroxyl groups is 1. The van der Waals surface area contributed by atoms with Crippen molar-refractivity contribution in [2.24, 2.45) is 0 Å². The van der Waals surface area contributed by atoms with Crippen molar-refractivity contribution in [2.75, 3.05) is 0 Å². The van der Waals surface area contributed by atoms with Crippen molar-refractivity contribution in [3.8, 4) is 0 Å². The summed E-state index contributed by atoms with van der Waals surface area (Å²) in [7, 11) is 0. The first-order valence-corrected chi connectivity index (χ1v) is 7.19. The zero-order chi connectivity index (χ0) is 14.5. The molecule has 3 nitrogen and oxygen atoms in total. The first kappa shape index (κ1) is 15.0. The molecule has 0 saturated carbocycles. The van der Waals surface area contributed by atoms with Crippen LogP contribution in [0.4, 0.5) is 0 Å². The van der Waals surface area contributed by atoms with Crippen LogP contribution in [0.5, 0.6) is 0 Å². The van der Waals surface area contributed by atoms with Crippen LogP contribution in [0.15, 0.2) is 46.9 Å². The molecule has 104 valence electrons. The Morgan fingerprint density at radius 1 is 1.20 bits per heavy atom. The summed E-state index contributed by atoms with van der Waals surface area (Å²) in [6, 6.07) is 12.5. The number of carbonyl (C=O) groups is 1. The number of hydrogen-bond donors (Lipinski definition) is 2. The minimum Gasteiger partial charge on any atom is -0.392 e. The summed E-state index contributed by atoms with van der Waals surface area (Å²) in [5.41, 5.74) is 2.03. The normalized spacial score (nSPS) is 10.3. The number of nitrogens with one attached hydrogen (secondary N) is 1. The molecule has 2 aromatic carbocycles. The Balaban J connectivity index is 2.07. The van der Waals surface area contributed by atoms with Gasteiger partial charge >= 0.3 is 0 Å². The van der Waals surface area contributed by atoms with Gasteiger partial charge in [0, 0.05) is 21.6 Å². The maximum Gasteiger partial charge on any atom is 0.251 e. The van der Waals surface area contributed by atoms with E-state index in [-0.39, 0.29) is 12.5 Å². The molecule has 0 spiro atoms. The third kappa shape index (κ3) is 3.82. The highest BCUT2D eigenvalue weighted by Crippen LogP contribution is 2.17. The topological polar surface area (TPSA) is 49.3 Å². The Hall–Kier alpha value is -1.36. The standard InChI is InChI=1S/C15H13BrClNO2/c16-12-3-6-14(11(7-12)9-19)15(20)18-8-10-1-4-13(17)5-2-10/h1-7,19H,8-9H2,(H,18,20). The fourth-order valence-electron chi connectivity index (χ4n) is 1.79. The lowest BCUT2D eigenvalue weighted by atomic mass is 10.1. The molecule has 0 aliphatic rings. The van der Waals surface area contributed by atoms with E-state index < -0.39 is 0 Å². The van der Waals surface area contributed by atoms with E-state index >= 15 is 0 Å². The second-order valence-electron chi connectivity index (χ2n) is 4.27. The van der Waals surface area contributed by atoms with Crippen LogP contribution in [0.25, 0.3) is 0 Å². The van der Waals surface area contributed by atoms with Crippen molar-refractivity contribution < 1.29 is 9.90 Å². The van der Waals surface area contributed by atoms with Gasteiger partial charge < -0.3 is 10.4 Å². The highest BCUT2D eigenvalue weighted by molar-refractivity contribution is 9.10. The largest absolute Gasteiger partial charge is 0.392 e. The predicted molar refractivity (Wildman–Crippen MR) is 82.7 cm³/mol. The molecular weight excluding hydrogens is 342 g/mol. The van der Waals surface area contributed by atoms with E-state index in [1.54, 1.807) is 30.3 Å². The molecule has 0 aliphatic heterocycles. The van der Waals surface area contributed by atoms with Crippen LogP contribution in [-0.2, 0) is 13.2 Å². The minimum absolute atomic E-state index is 0.177. The van der Waals surface area contributed by atoms with Crippen LogP contribution >= 0.6 is 27.5 Å². The highest BCUT2D eigenvalue weighted by Gasteiger charge is 2.10. The van der Waals surface area contributed by atoms with Gasteiger partial charge in [-0.05, 0) is 41.5 Å². The zero-order valence-corrected chi connectivity index (χ0v) is 12.9. The number of carbonyl (C=O) groups excluding carboxylic acids is 1. The first-order chi connectivity index (χ1) is 9.60. The first-order valence-electron chi connectivity index (χ1n) is 6.02. The second kappa shape index (κ2) is 6.88. The van der Waals surface area contributed by atoms with Gasteiger partial charge in [0.25, 0.3) is 5.91 Å². The van der Waals surface area contributed by atoms with Crippen molar-refractivity contribution >= 4 is 33.4 Å². The molecule has 20 heavy (non-hydrogen) atoms. The highest BCUT2D eigenvalue weighted by atomic mass is 79.9. The van der Waals surface area contributed by atoms with Gasteiger partial charge in [0.2, 0.25) is 0 Å². The summed E-state index contributed by atoms with van der Waals surface area (Å²) < 4.78 is 0.829. The van der Waals surface area contributed by atoms with Crippen molar-refractivity contribution in [2.45, 2.75) is 13.2 Å². The molecule has 0 aliphatic carbocycles. The number of rotatable bonds is 4. The van der Waals surface area contributed by atoms with Gasteiger partial charge in [-0.25, -0.2) is 0 Å². The molecule has 0 atom stereocenters. The van der Waals surface area contributed by atoms with Gasteiger partial charge in [0.1, 0.15) is 0 Å². The van der Waals surface area contributed by atoms with Crippen LogP contribution in [0, 0.1) is 0 Å². The Bertz CT molecular complexity index is 614. The molecule has 0 heterocycles. The second-order valence-corrected chi connectivity index (χ2v) is 5.62. The Morgan fingerprint density at radius 2 is 1.90 bits per heavy atom. The Morgan fingerprint density at radius 3 is 2.55 bits per heavy atom. The third-order valence-corrected chi connectivity index (χ3v) is 3.59. The predicted octanol–water partition coefficient (Wildman–Crippen LogP) is 3.52. The van der Waals surface area contributed by atoms with Crippen molar-refractivity contribution in [3.05, 3.63) is 68.7 Å². The van der Waals surface area contributed by atoms with Gasteiger partial charge in [0.15, 0.2) is 0 Å². The third-order valence-electron chi connectivity index (χ3n) is 2.85. The number of amides is 1. The summed E-state index contributed by atoms with van der Waals surface area (Å²) in [5.74, 6) is -0.212. The molecule has 0 saturated heterocycles. The van der Waals surface area contributed by atoms with E-state index in [0.717, 1.165) is 10.0 Å². The van der Waals surface area contributed by atoms with Gasteiger partial charge in [-0.3, -0.25) is 4.79 Å². The van der Waals surface area contributed by atoms with E-state index in [9.17, 15) is 9.90 Å². The number of hydrogen-bond acceptors (Lipinski definition) is 2. The van der Waals surface area contributed by atoms with Crippen LogP contribution in [0.3, 0.4) is 0 Å². The fourth-order valence-corrected chi connectivity index (χ4v) is 2.33. The lowest BCUT2D eigenvalue weighted by Crippen LogP contribution is -2.24. The smallest absolute Gasteiger partial charge is 0.251 e. The SMILES string of the molecule is O=C(NCc1ccc(Cl)cc1)c1ccc(Br)cc1CO. The minimum atomic E-state index is -0.212. The molecule has 0 unspecified atom stereocenters. The summed E-state index contributed by atoms with van der Waals surface area (Å²) in [4.78, 5) is 12.1. The van der Waals surface area contributed by atoms with Gasteiger partial charge in [-0.2, -0.15) is 0 Å². The van der Waals surface area contributed by atoms with Crippen molar-refractivity contribution in [1.29, 1.82) is 0 Å². The number of halogens is 2. The fraction of sp³-hybridized carbons (Fsp3) is 0.133. The van der Waals surface area contributed by atoms with Crippen LogP contribution < -0.4 is 5.32 Å². The summed E-state index contributed by atoms with van der Waals surface area (Å²) in [6.07, 6.45) is 0. The number of benzene rings is 2. The zero-order valence-electron chi connectivity index (χ0n) is 10.6. The molecule has 0 aromatic heterocycles. The lowest BCUT2D eigenvalue weighted by molar-refractivity contribution is 0.0948. The lowest BCUT2D eigenvalue weighted by Gasteiger charge is -2.09. The van der Waals surface area contributed by atoms with Crippen molar-refractivity contribution in [1.82, 2.24) is 5.32 Å². The van der Waals surface area contributed by atoms with Gasteiger partial charge in [-0.15, -0.1) is 0 Å². The molecule has 1 amide bonds. The molecule has 0 bridgehead atoms. The van der Waals surface area contributed by atoms with E-state index in [2.05, 4.69) is 21.2 Å². The van der Waals surface area contributed by atoms with Gasteiger partial charge in [0.05, 0.1) is 6.61 Å². The average Bonchev–Trinajstić information content (AvgIpc) is 2.46. The molecule has 2 N–H and O–H groups in total. The molecule has 2 rings (SSSR count). The summed E-state index contributed by atoms with van der Waals surface area (Å²) in [6.45, 7) is 0.236. The van der Waals surface area contributed by atoms with Crippen LogP contribution in [0.2, 0.25) is 5.02 Å². The summed E-state index contributed by atoms with van der Waals surface area (Å²) in [5, 5.41) is 12.8. The Kier molecular flexibility index (Phi) is 5.17. The molecular formula is C15H13BrClNO2. The Labute approximate surface area is 130 Å². The number of aliphatic hydroxyl groups excluding tert-OH is 1. The molecule has 5 heteroatoms. The molecule has 2 aromatic rings. The van der Waals surface area contributed by atoms with Crippen LogP contribution in [-0.4, -0.2) is 11.0 Å². The monoisotopic (exact) mass is 353 g/mol. The quantitative estimate of drug-likeness (QED) is 0.882. The van der Waals surface area contributed by atoms with E-state index in [0.29, 0.717) is 22.7 Å². The molecule has 0 radical (unpaired) electrons. The maximum absolute atomic E-state index is 12.1. The molecule has 0 fully saturated rings. The van der Waals surface area contributed by atoms with Gasteiger partial charge in [-0.1, -0.05) is 39.7 Å². The van der Waals surface area contributed by atoms with E-state index in [4.69, 9.17) is 11.6 Å².